The van der Waals surface area contributed by atoms with Gasteiger partial charge in [-0.2, -0.15) is 5.10 Å². The van der Waals surface area contributed by atoms with Crippen LogP contribution in [0.2, 0.25) is 0 Å². The predicted molar refractivity (Wildman–Crippen MR) is 69.8 cm³/mol. The highest BCUT2D eigenvalue weighted by Crippen LogP contribution is 2.21. The SMILES string of the molecule is Cc1cc2c(NC(C)C3CCCO3)nccn2n1. The molecule has 2 atom stereocenters. The first-order valence-corrected chi connectivity index (χ1v) is 6.43. The Kier molecular flexibility index (Phi) is 2.91. The zero-order valence-electron chi connectivity index (χ0n) is 10.8. The van der Waals surface area contributed by atoms with E-state index in [0.29, 0.717) is 0 Å². The third-order valence-electron chi connectivity index (χ3n) is 3.40. The summed E-state index contributed by atoms with van der Waals surface area (Å²) in [5.74, 6) is 0.876. The first-order chi connectivity index (χ1) is 8.74. The van der Waals surface area contributed by atoms with Crippen LogP contribution in [0.15, 0.2) is 18.5 Å². The van der Waals surface area contributed by atoms with E-state index < -0.39 is 0 Å². The highest BCUT2D eigenvalue weighted by molar-refractivity contribution is 5.68. The number of hydrogen-bond acceptors (Lipinski definition) is 4. The van der Waals surface area contributed by atoms with Gasteiger partial charge in [-0.15, -0.1) is 0 Å². The first kappa shape index (κ1) is 11.5. The summed E-state index contributed by atoms with van der Waals surface area (Å²) in [6.07, 6.45) is 6.19. The van der Waals surface area contributed by atoms with Crippen molar-refractivity contribution in [3.8, 4) is 0 Å². The highest BCUT2D eigenvalue weighted by Gasteiger charge is 2.23. The topological polar surface area (TPSA) is 51.5 Å². The van der Waals surface area contributed by atoms with Crippen LogP contribution in [0.1, 0.15) is 25.5 Å². The monoisotopic (exact) mass is 246 g/mol. The van der Waals surface area contributed by atoms with E-state index in [1.54, 1.807) is 6.20 Å². The highest BCUT2D eigenvalue weighted by atomic mass is 16.5. The maximum absolute atomic E-state index is 5.69. The van der Waals surface area contributed by atoms with Crippen molar-refractivity contribution in [3.05, 3.63) is 24.2 Å². The Morgan fingerprint density at radius 2 is 2.44 bits per heavy atom. The summed E-state index contributed by atoms with van der Waals surface area (Å²) in [6.45, 7) is 5.00. The molecule has 2 aromatic rings. The van der Waals surface area contributed by atoms with Crippen LogP contribution in [0.25, 0.3) is 5.52 Å². The van der Waals surface area contributed by atoms with E-state index in [9.17, 15) is 0 Å². The average Bonchev–Trinajstić information content (AvgIpc) is 2.96. The van der Waals surface area contributed by atoms with Crippen molar-refractivity contribution in [1.29, 1.82) is 0 Å². The maximum Gasteiger partial charge on any atom is 0.152 e. The van der Waals surface area contributed by atoms with Gasteiger partial charge in [0.1, 0.15) is 5.52 Å². The number of rotatable bonds is 3. The summed E-state index contributed by atoms with van der Waals surface area (Å²) in [5.41, 5.74) is 2.01. The molecule has 5 heteroatoms. The minimum absolute atomic E-state index is 0.265. The third kappa shape index (κ3) is 2.06. The van der Waals surface area contributed by atoms with Gasteiger partial charge in [-0.1, -0.05) is 0 Å². The molecule has 1 saturated heterocycles. The molecular formula is C13H18N4O. The molecule has 0 amide bonds. The van der Waals surface area contributed by atoms with Gasteiger partial charge in [0.15, 0.2) is 5.82 Å². The van der Waals surface area contributed by atoms with E-state index in [4.69, 9.17) is 4.74 Å². The van der Waals surface area contributed by atoms with Crippen molar-refractivity contribution in [2.45, 2.75) is 38.8 Å². The van der Waals surface area contributed by atoms with Gasteiger partial charge < -0.3 is 10.1 Å². The normalized spacial score (nSPS) is 21.3. The molecule has 3 heterocycles. The molecule has 0 spiro atoms. The number of nitrogens with zero attached hydrogens (tertiary/aromatic N) is 3. The maximum atomic E-state index is 5.69. The van der Waals surface area contributed by atoms with Crippen molar-refractivity contribution in [3.63, 3.8) is 0 Å². The summed E-state index contributed by atoms with van der Waals surface area (Å²) in [5, 5.41) is 7.83. The van der Waals surface area contributed by atoms with E-state index in [1.165, 1.54) is 0 Å². The molecule has 2 aromatic heterocycles. The largest absolute Gasteiger partial charge is 0.376 e. The number of aromatic nitrogens is 3. The van der Waals surface area contributed by atoms with Crippen LogP contribution in [0.4, 0.5) is 5.82 Å². The summed E-state index contributed by atoms with van der Waals surface area (Å²) in [6, 6.07) is 2.30. The van der Waals surface area contributed by atoms with Crippen molar-refractivity contribution >= 4 is 11.3 Å². The minimum atomic E-state index is 0.265. The Balaban J connectivity index is 1.85. The lowest BCUT2D eigenvalue weighted by atomic mass is 10.1. The van der Waals surface area contributed by atoms with Crippen LogP contribution in [0.5, 0.6) is 0 Å². The van der Waals surface area contributed by atoms with Gasteiger partial charge in [-0.05, 0) is 32.8 Å². The van der Waals surface area contributed by atoms with Crippen LogP contribution in [-0.4, -0.2) is 33.4 Å². The molecule has 5 nitrogen and oxygen atoms in total. The van der Waals surface area contributed by atoms with Crippen LogP contribution in [-0.2, 0) is 4.74 Å². The summed E-state index contributed by atoms with van der Waals surface area (Å²) < 4.78 is 7.55. The molecule has 1 aliphatic rings. The van der Waals surface area contributed by atoms with Crippen molar-refractivity contribution in [1.82, 2.24) is 14.6 Å². The van der Waals surface area contributed by atoms with Gasteiger partial charge in [-0.3, -0.25) is 0 Å². The van der Waals surface area contributed by atoms with E-state index >= 15 is 0 Å². The molecule has 96 valence electrons. The Morgan fingerprint density at radius 1 is 1.56 bits per heavy atom. The summed E-state index contributed by atoms with van der Waals surface area (Å²) in [4.78, 5) is 4.40. The molecule has 1 N–H and O–H groups in total. The van der Waals surface area contributed by atoms with Crippen molar-refractivity contribution in [2.75, 3.05) is 11.9 Å². The smallest absolute Gasteiger partial charge is 0.152 e. The molecule has 0 aromatic carbocycles. The third-order valence-corrected chi connectivity index (χ3v) is 3.40. The van der Waals surface area contributed by atoms with Crippen molar-refractivity contribution in [2.24, 2.45) is 0 Å². The molecule has 0 radical (unpaired) electrons. The second-order valence-electron chi connectivity index (χ2n) is 4.88. The minimum Gasteiger partial charge on any atom is -0.376 e. The number of nitrogens with one attached hydrogen (secondary N) is 1. The summed E-state index contributed by atoms with van der Waals surface area (Å²) >= 11 is 0. The quantitative estimate of drug-likeness (QED) is 0.900. The van der Waals surface area contributed by atoms with E-state index in [2.05, 4.69) is 22.3 Å². The van der Waals surface area contributed by atoms with Crippen LogP contribution in [0, 0.1) is 6.92 Å². The first-order valence-electron chi connectivity index (χ1n) is 6.43. The Hall–Kier alpha value is -1.62. The molecule has 18 heavy (non-hydrogen) atoms. The lowest BCUT2D eigenvalue weighted by molar-refractivity contribution is 0.0996. The van der Waals surface area contributed by atoms with Gasteiger partial charge >= 0.3 is 0 Å². The van der Waals surface area contributed by atoms with Gasteiger partial charge in [-0.25, -0.2) is 9.50 Å². The molecule has 1 fully saturated rings. The number of anilines is 1. The second-order valence-corrected chi connectivity index (χ2v) is 4.88. The summed E-state index contributed by atoms with van der Waals surface area (Å²) in [7, 11) is 0. The van der Waals surface area contributed by atoms with Crippen LogP contribution < -0.4 is 5.32 Å². The number of aryl methyl sites for hydroxylation is 1. The number of hydrogen-bond donors (Lipinski definition) is 1. The Labute approximate surface area is 106 Å². The van der Waals surface area contributed by atoms with Gasteiger partial charge in [0.25, 0.3) is 0 Å². The molecule has 2 unspecified atom stereocenters. The average molecular weight is 246 g/mol. The molecule has 0 aliphatic carbocycles. The molecule has 3 rings (SSSR count). The Morgan fingerprint density at radius 3 is 3.22 bits per heavy atom. The number of ether oxygens (including phenoxy) is 1. The molecule has 0 saturated carbocycles. The zero-order chi connectivity index (χ0) is 12.5. The standard InChI is InChI=1S/C13H18N4O/c1-9-8-11-13(14-5-6-17(11)16-9)15-10(2)12-4-3-7-18-12/h5-6,8,10,12H,3-4,7H2,1-2H3,(H,14,15). The fourth-order valence-corrected chi connectivity index (χ4v) is 2.46. The van der Waals surface area contributed by atoms with Gasteiger partial charge in [0.2, 0.25) is 0 Å². The lowest BCUT2D eigenvalue weighted by Gasteiger charge is -2.20. The van der Waals surface area contributed by atoms with E-state index in [0.717, 1.165) is 36.5 Å². The molecular weight excluding hydrogens is 228 g/mol. The second kappa shape index (κ2) is 4.57. The fraction of sp³-hybridized carbons (Fsp3) is 0.538. The van der Waals surface area contributed by atoms with Crippen LogP contribution >= 0.6 is 0 Å². The zero-order valence-corrected chi connectivity index (χ0v) is 10.8. The van der Waals surface area contributed by atoms with E-state index in [1.807, 2.05) is 23.7 Å². The fourth-order valence-electron chi connectivity index (χ4n) is 2.46. The van der Waals surface area contributed by atoms with Gasteiger partial charge in [0, 0.05) is 19.0 Å². The van der Waals surface area contributed by atoms with E-state index in [-0.39, 0.29) is 12.1 Å². The molecule has 1 aliphatic heterocycles. The predicted octanol–water partition coefficient (Wildman–Crippen LogP) is 2.02. The lowest BCUT2D eigenvalue weighted by Crippen LogP contribution is -2.30. The Bertz CT molecular complexity index is 545. The molecule has 0 bridgehead atoms. The van der Waals surface area contributed by atoms with Crippen LogP contribution in [0.3, 0.4) is 0 Å². The number of fused-ring (bicyclic) bond motifs is 1. The van der Waals surface area contributed by atoms with Crippen molar-refractivity contribution < 1.29 is 4.74 Å². The van der Waals surface area contributed by atoms with Gasteiger partial charge in [0.05, 0.1) is 17.8 Å².